The summed E-state index contributed by atoms with van der Waals surface area (Å²) in [5.41, 5.74) is 3.90. The summed E-state index contributed by atoms with van der Waals surface area (Å²) in [7, 11) is 1.66. The summed E-state index contributed by atoms with van der Waals surface area (Å²) in [6.07, 6.45) is 0. The van der Waals surface area contributed by atoms with Crippen LogP contribution in [0.25, 0.3) is 11.4 Å². The highest BCUT2D eigenvalue weighted by Crippen LogP contribution is 2.24. The molecule has 2 heterocycles. The van der Waals surface area contributed by atoms with Crippen LogP contribution in [0.3, 0.4) is 0 Å². The van der Waals surface area contributed by atoms with Crippen LogP contribution in [0.4, 0.5) is 0 Å². The van der Waals surface area contributed by atoms with Gasteiger partial charge in [-0.2, -0.15) is 4.98 Å². The molecule has 31 heavy (non-hydrogen) atoms. The highest BCUT2D eigenvalue weighted by atomic mass is 16.5. The van der Waals surface area contributed by atoms with Crippen LogP contribution in [-0.2, 0) is 11.3 Å². The first-order valence-corrected chi connectivity index (χ1v) is 10.6. The Balaban J connectivity index is 1.35. The lowest BCUT2D eigenvalue weighted by Crippen LogP contribution is -2.49. The van der Waals surface area contributed by atoms with Crippen molar-refractivity contribution in [2.75, 3.05) is 33.3 Å². The first kappa shape index (κ1) is 21.2. The second-order valence-corrected chi connectivity index (χ2v) is 7.96. The second kappa shape index (κ2) is 9.41. The number of aromatic nitrogens is 2. The molecule has 162 valence electrons. The summed E-state index contributed by atoms with van der Waals surface area (Å²) in [5.74, 6) is 1.27. The van der Waals surface area contributed by atoms with Gasteiger partial charge >= 0.3 is 0 Å². The molecule has 0 radical (unpaired) electrons. The van der Waals surface area contributed by atoms with Crippen LogP contribution in [0.15, 0.2) is 53.1 Å². The van der Waals surface area contributed by atoms with Crippen LogP contribution < -0.4 is 0 Å². The molecule has 1 aliphatic heterocycles. The van der Waals surface area contributed by atoms with E-state index in [2.05, 4.69) is 22.0 Å². The van der Waals surface area contributed by atoms with Gasteiger partial charge < -0.3 is 14.2 Å². The van der Waals surface area contributed by atoms with Gasteiger partial charge in [0.15, 0.2) is 0 Å². The Labute approximate surface area is 182 Å². The number of benzene rings is 2. The van der Waals surface area contributed by atoms with Crippen molar-refractivity contribution in [3.05, 3.63) is 71.1 Å². The van der Waals surface area contributed by atoms with Gasteiger partial charge in [-0.3, -0.25) is 9.69 Å². The molecule has 3 aromatic rings. The summed E-state index contributed by atoms with van der Waals surface area (Å²) in [4.78, 5) is 21.6. The molecular formula is C24H28N4O3. The van der Waals surface area contributed by atoms with E-state index in [1.54, 1.807) is 7.11 Å². The molecule has 7 heteroatoms. The summed E-state index contributed by atoms with van der Waals surface area (Å²) < 4.78 is 10.7. The number of carbonyl (C=O) groups is 1. The maximum Gasteiger partial charge on any atom is 0.253 e. The molecule has 1 fully saturated rings. The van der Waals surface area contributed by atoms with Crippen LogP contribution in [0.5, 0.6) is 0 Å². The standard InChI is InChI=1S/C24H28N4O3/c1-17-4-8-20(9-5-17)22-25-23(31-26-22)18(2)27-12-14-28(15-13-27)24(29)21-10-6-19(7-11-21)16-30-3/h4-11,18H,12-16H2,1-3H3. The highest BCUT2D eigenvalue weighted by molar-refractivity contribution is 5.94. The third-order valence-corrected chi connectivity index (χ3v) is 5.77. The van der Waals surface area contributed by atoms with E-state index >= 15 is 0 Å². The Bertz CT molecular complexity index is 1010. The fourth-order valence-corrected chi connectivity index (χ4v) is 3.79. The van der Waals surface area contributed by atoms with E-state index in [0.717, 1.165) is 24.2 Å². The molecule has 0 N–H and O–H groups in total. The largest absolute Gasteiger partial charge is 0.380 e. The first-order valence-electron chi connectivity index (χ1n) is 10.6. The molecule has 0 aliphatic carbocycles. The normalized spacial score (nSPS) is 15.8. The topological polar surface area (TPSA) is 71.7 Å². The quantitative estimate of drug-likeness (QED) is 0.605. The van der Waals surface area contributed by atoms with Gasteiger partial charge in [0.25, 0.3) is 5.91 Å². The third kappa shape index (κ3) is 4.84. The van der Waals surface area contributed by atoms with Gasteiger partial charge in [-0.25, -0.2) is 0 Å². The monoisotopic (exact) mass is 420 g/mol. The van der Waals surface area contributed by atoms with Gasteiger partial charge in [0, 0.05) is 44.4 Å². The van der Waals surface area contributed by atoms with Crippen molar-refractivity contribution < 1.29 is 14.1 Å². The maximum atomic E-state index is 12.8. The van der Waals surface area contributed by atoms with Crippen molar-refractivity contribution in [2.24, 2.45) is 0 Å². The van der Waals surface area contributed by atoms with E-state index in [1.165, 1.54) is 5.56 Å². The Morgan fingerprint density at radius 1 is 1.06 bits per heavy atom. The molecule has 1 aliphatic rings. The lowest BCUT2D eigenvalue weighted by atomic mass is 10.1. The molecule has 0 saturated carbocycles. The number of amides is 1. The number of aryl methyl sites for hydroxylation is 1. The fourth-order valence-electron chi connectivity index (χ4n) is 3.79. The van der Waals surface area contributed by atoms with Crippen LogP contribution in [0.1, 0.15) is 40.3 Å². The van der Waals surface area contributed by atoms with Crippen molar-refractivity contribution in [1.29, 1.82) is 0 Å². The van der Waals surface area contributed by atoms with Gasteiger partial charge in [-0.05, 0) is 31.5 Å². The number of rotatable bonds is 6. The number of nitrogens with zero attached hydrogens (tertiary/aromatic N) is 4. The molecule has 4 rings (SSSR count). The van der Waals surface area contributed by atoms with Crippen LogP contribution in [0.2, 0.25) is 0 Å². The van der Waals surface area contributed by atoms with E-state index in [4.69, 9.17) is 9.26 Å². The van der Waals surface area contributed by atoms with E-state index in [0.29, 0.717) is 37.0 Å². The van der Waals surface area contributed by atoms with E-state index in [1.807, 2.05) is 60.4 Å². The van der Waals surface area contributed by atoms with Crippen molar-refractivity contribution in [2.45, 2.75) is 26.5 Å². The Morgan fingerprint density at radius 3 is 2.39 bits per heavy atom. The van der Waals surface area contributed by atoms with Gasteiger partial charge in [0.1, 0.15) is 0 Å². The molecule has 0 bridgehead atoms. The van der Waals surface area contributed by atoms with Crippen LogP contribution >= 0.6 is 0 Å². The molecule has 1 amide bonds. The van der Waals surface area contributed by atoms with Crippen molar-refractivity contribution in [3.8, 4) is 11.4 Å². The summed E-state index contributed by atoms with van der Waals surface area (Å²) >= 11 is 0. The van der Waals surface area contributed by atoms with Crippen LogP contribution in [0, 0.1) is 6.92 Å². The third-order valence-electron chi connectivity index (χ3n) is 5.77. The number of hydrogen-bond donors (Lipinski definition) is 0. The summed E-state index contributed by atoms with van der Waals surface area (Å²) in [6.45, 7) is 7.52. The fraction of sp³-hybridized carbons (Fsp3) is 0.375. The molecule has 2 aromatic carbocycles. The summed E-state index contributed by atoms with van der Waals surface area (Å²) in [5, 5.41) is 4.15. The lowest BCUT2D eigenvalue weighted by molar-refractivity contribution is 0.0551. The smallest absolute Gasteiger partial charge is 0.253 e. The zero-order valence-corrected chi connectivity index (χ0v) is 18.2. The van der Waals surface area contributed by atoms with Crippen molar-refractivity contribution >= 4 is 5.91 Å². The maximum absolute atomic E-state index is 12.8. The van der Waals surface area contributed by atoms with Gasteiger partial charge in [-0.15, -0.1) is 0 Å². The molecular weight excluding hydrogens is 392 g/mol. The molecule has 0 spiro atoms. The molecule has 1 unspecified atom stereocenters. The van der Waals surface area contributed by atoms with Gasteiger partial charge in [-0.1, -0.05) is 47.1 Å². The SMILES string of the molecule is COCc1ccc(C(=O)N2CCN(C(C)c3nc(-c4ccc(C)cc4)no3)CC2)cc1. The minimum Gasteiger partial charge on any atom is -0.380 e. The summed E-state index contributed by atoms with van der Waals surface area (Å²) in [6, 6.07) is 15.7. The minimum atomic E-state index is -0.00252. The van der Waals surface area contributed by atoms with Crippen molar-refractivity contribution in [3.63, 3.8) is 0 Å². The molecule has 7 nitrogen and oxygen atoms in total. The Morgan fingerprint density at radius 2 is 1.74 bits per heavy atom. The predicted octanol–water partition coefficient (Wildman–Crippen LogP) is 3.71. The average Bonchev–Trinajstić information content (AvgIpc) is 3.30. The number of methoxy groups -OCH3 is 1. The average molecular weight is 421 g/mol. The zero-order valence-electron chi connectivity index (χ0n) is 18.2. The highest BCUT2D eigenvalue weighted by Gasteiger charge is 2.28. The molecule has 1 atom stereocenters. The van der Waals surface area contributed by atoms with Gasteiger partial charge in [0.05, 0.1) is 12.6 Å². The molecule has 1 aromatic heterocycles. The lowest BCUT2D eigenvalue weighted by Gasteiger charge is -2.36. The Kier molecular flexibility index (Phi) is 6.44. The Hall–Kier alpha value is -3.03. The van der Waals surface area contributed by atoms with Crippen LogP contribution in [-0.4, -0.2) is 59.1 Å². The van der Waals surface area contributed by atoms with E-state index < -0.39 is 0 Å². The number of ether oxygens (including phenoxy) is 1. The first-order chi connectivity index (χ1) is 15.0. The zero-order chi connectivity index (χ0) is 21.8. The number of hydrogen-bond acceptors (Lipinski definition) is 6. The van der Waals surface area contributed by atoms with E-state index in [-0.39, 0.29) is 11.9 Å². The van der Waals surface area contributed by atoms with Gasteiger partial charge in [0.2, 0.25) is 11.7 Å². The second-order valence-electron chi connectivity index (χ2n) is 7.96. The molecule has 1 saturated heterocycles. The van der Waals surface area contributed by atoms with E-state index in [9.17, 15) is 4.79 Å². The predicted molar refractivity (Wildman–Crippen MR) is 118 cm³/mol. The number of carbonyl (C=O) groups excluding carboxylic acids is 1. The number of piperazine rings is 1. The van der Waals surface area contributed by atoms with Crippen molar-refractivity contribution in [1.82, 2.24) is 19.9 Å². The minimum absolute atomic E-state index is 0.00252.